The van der Waals surface area contributed by atoms with Crippen LogP contribution in [0.3, 0.4) is 0 Å². The Hall–Kier alpha value is -1.55. The molecule has 1 aliphatic rings. The van der Waals surface area contributed by atoms with E-state index in [1.807, 2.05) is 24.3 Å². The van der Waals surface area contributed by atoms with Crippen molar-refractivity contribution in [3.63, 3.8) is 0 Å². The van der Waals surface area contributed by atoms with Crippen LogP contribution in [0.2, 0.25) is 0 Å². The molecule has 4 heteroatoms. The minimum absolute atomic E-state index is 0.0694. The highest BCUT2D eigenvalue weighted by Gasteiger charge is 2.34. The molecule has 2 rings (SSSR count). The Morgan fingerprint density at radius 1 is 1.41 bits per heavy atom. The van der Waals surface area contributed by atoms with Gasteiger partial charge < -0.3 is 15.4 Å². The number of hydrogen-bond donors (Lipinski definition) is 1. The first-order chi connectivity index (χ1) is 8.13. The quantitative estimate of drug-likeness (QED) is 0.860. The van der Waals surface area contributed by atoms with Crippen molar-refractivity contribution in [3.05, 3.63) is 24.3 Å². The average Bonchev–Trinajstić information content (AvgIpc) is 2.33. The molecule has 0 bridgehead atoms. The molecule has 1 amide bonds. The molecule has 0 radical (unpaired) electrons. The van der Waals surface area contributed by atoms with Gasteiger partial charge in [-0.15, -0.1) is 0 Å². The molecule has 1 saturated carbocycles. The van der Waals surface area contributed by atoms with Gasteiger partial charge in [-0.3, -0.25) is 4.79 Å². The first kappa shape index (κ1) is 11.9. The Morgan fingerprint density at radius 3 is 2.65 bits per heavy atom. The highest BCUT2D eigenvalue weighted by molar-refractivity contribution is 5.96. The van der Waals surface area contributed by atoms with Crippen LogP contribution in [0.15, 0.2) is 24.3 Å². The lowest BCUT2D eigenvalue weighted by Gasteiger charge is -2.34. The molecule has 0 spiro atoms. The Morgan fingerprint density at radius 2 is 2.06 bits per heavy atom. The molecule has 4 nitrogen and oxygen atoms in total. The van der Waals surface area contributed by atoms with E-state index < -0.39 is 0 Å². The van der Waals surface area contributed by atoms with Gasteiger partial charge in [0.1, 0.15) is 5.75 Å². The number of para-hydroxylation sites is 2. The van der Waals surface area contributed by atoms with E-state index in [-0.39, 0.29) is 17.9 Å². The fourth-order valence-electron chi connectivity index (χ4n) is 2.16. The molecule has 2 N–H and O–H groups in total. The second kappa shape index (κ2) is 4.75. The maximum Gasteiger partial charge on any atom is 0.230 e. The summed E-state index contributed by atoms with van der Waals surface area (Å²) in [6.45, 7) is 0. The number of nitrogens with two attached hydrogens (primary N) is 1. The summed E-state index contributed by atoms with van der Waals surface area (Å²) >= 11 is 0. The van der Waals surface area contributed by atoms with Gasteiger partial charge in [-0.2, -0.15) is 0 Å². The molecule has 0 saturated heterocycles. The topological polar surface area (TPSA) is 55.6 Å². The highest BCUT2D eigenvalue weighted by Crippen LogP contribution is 2.32. The maximum absolute atomic E-state index is 12.2. The maximum atomic E-state index is 12.2. The number of anilines is 1. The summed E-state index contributed by atoms with van der Waals surface area (Å²) in [6.07, 6.45) is 1.58. The van der Waals surface area contributed by atoms with Gasteiger partial charge in [0, 0.05) is 19.0 Å². The number of ether oxygens (including phenoxy) is 1. The summed E-state index contributed by atoms with van der Waals surface area (Å²) in [4.78, 5) is 13.8. The molecular formula is C13H18N2O2. The van der Waals surface area contributed by atoms with Gasteiger partial charge in [0.15, 0.2) is 0 Å². The second-order valence-corrected chi connectivity index (χ2v) is 4.50. The summed E-state index contributed by atoms with van der Waals surface area (Å²) in [5.41, 5.74) is 6.51. The zero-order chi connectivity index (χ0) is 12.4. The molecule has 1 fully saturated rings. The summed E-state index contributed by atoms with van der Waals surface area (Å²) in [5.74, 6) is 0.906. The number of nitrogens with zero attached hydrogens (tertiary/aromatic N) is 1. The van der Waals surface area contributed by atoms with Crippen molar-refractivity contribution in [1.82, 2.24) is 0 Å². The number of hydrogen-bond acceptors (Lipinski definition) is 3. The normalized spacial score (nSPS) is 22.8. The van der Waals surface area contributed by atoms with Crippen molar-refractivity contribution in [1.29, 1.82) is 0 Å². The smallest absolute Gasteiger partial charge is 0.230 e. The van der Waals surface area contributed by atoms with Crippen molar-refractivity contribution >= 4 is 11.6 Å². The number of amides is 1. The SMILES string of the molecule is COc1ccccc1N(C)C(=O)C1CC(N)C1. The average molecular weight is 234 g/mol. The van der Waals surface area contributed by atoms with Gasteiger partial charge in [0.05, 0.1) is 12.8 Å². The fraction of sp³-hybridized carbons (Fsp3) is 0.462. The van der Waals surface area contributed by atoms with E-state index in [2.05, 4.69) is 0 Å². The Labute approximate surface area is 101 Å². The van der Waals surface area contributed by atoms with E-state index >= 15 is 0 Å². The lowest BCUT2D eigenvalue weighted by molar-refractivity contribution is -0.124. The molecule has 92 valence electrons. The number of carbonyl (C=O) groups is 1. The van der Waals surface area contributed by atoms with E-state index in [0.29, 0.717) is 5.75 Å². The van der Waals surface area contributed by atoms with Gasteiger partial charge in [0.2, 0.25) is 5.91 Å². The monoisotopic (exact) mass is 234 g/mol. The summed E-state index contributed by atoms with van der Waals surface area (Å²) in [7, 11) is 3.39. The zero-order valence-corrected chi connectivity index (χ0v) is 10.2. The van der Waals surface area contributed by atoms with E-state index in [9.17, 15) is 4.79 Å². The number of benzene rings is 1. The van der Waals surface area contributed by atoms with Crippen LogP contribution in [-0.4, -0.2) is 26.1 Å². The Kier molecular flexibility index (Phi) is 3.33. The minimum atomic E-state index is 0.0694. The standard InChI is InChI=1S/C13H18N2O2/c1-15(13(16)9-7-10(14)8-9)11-5-3-4-6-12(11)17-2/h3-6,9-10H,7-8,14H2,1-2H3. The van der Waals surface area contributed by atoms with E-state index in [0.717, 1.165) is 18.5 Å². The lowest BCUT2D eigenvalue weighted by Crippen LogP contribution is -2.45. The molecule has 0 aliphatic heterocycles. The summed E-state index contributed by atoms with van der Waals surface area (Å²) in [6, 6.07) is 7.71. The van der Waals surface area contributed by atoms with Crippen LogP contribution in [0.25, 0.3) is 0 Å². The van der Waals surface area contributed by atoms with Crippen molar-refractivity contribution in [2.24, 2.45) is 11.7 Å². The van der Waals surface area contributed by atoms with Crippen molar-refractivity contribution < 1.29 is 9.53 Å². The number of methoxy groups -OCH3 is 1. The van der Waals surface area contributed by atoms with Crippen LogP contribution in [0.4, 0.5) is 5.69 Å². The van der Waals surface area contributed by atoms with Crippen LogP contribution in [-0.2, 0) is 4.79 Å². The summed E-state index contributed by atoms with van der Waals surface area (Å²) < 4.78 is 5.25. The van der Waals surface area contributed by atoms with Gasteiger partial charge in [-0.05, 0) is 25.0 Å². The molecule has 1 aromatic carbocycles. The van der Waals surface area contributed by atoms with Crippen molar-refractivity contribution in [2.45, 2.75) is 18.9 Å². The number of rotatable bonds is 3. The summed E-state index contributed by atoms with van der Waals surface area (Å²) in [5, 5.41) is 0. The molecular weight excluding hydrogens is 216 g/mol. The minimum Gasteiger partial charge on any atom is -0.495 e. The Bertz CT molecular complexity index is 414. The van der Waals surface area contributed by atoms with Crippen LogP contribution in [0, 0.1) is 5.92 Å². The first-order valence-corrected chi connectivity index (χ1v) is 5.79. The molecule has 0 unspecified atom stereocenters. The zero-order valence-electron chi connectivity index (χ0n) is 10.2. The molecule has 17 heavy (non-hydrogen) atoms. The fourth-order valence-corrected chi connectivity index (χ4v) is 2.16. The first-order valence-electron chi connectivity index (χ1n) is 5.79. The molecule has 0 heterocycles. The van der Waals surface area contributed by atoms with Gasteiger partial charge in [-0.25, -0.2) is 0 Å². The third kappa shape index (κ3) is 2.26. The van der Waals surface area contributed by atoms with Crippen LogP contribution >= 0.6 is 0 Å². The van der Waals surface area contributed by atoms with E-state index in [1.54, 1.807) is 19.1 Å². The van der Waals surface area contributed by atoms with Crippen molar-refractivity contribution in [2.75, 3.05) is 19.1 Å². The molecule has 1 aromatic rings. The van der Waals surface area contributed by atoms with Crippen LogP contribution in [0.1, 0.15) is 12.8 Å². The predicted molar refractivity (Wildman–Crippen MR) is 67.1 cm³/mol. The third-order valence-electron chi connectivity index (χ3n) is 3.30. The van der Waals surface area contributed by atoms with Gasteiger partial charge >= 0.3 is 0 Å². The van der Waals surface area contributed by atoms with Crippen LogP contribution < -0.4 is 15.4 Å². The lowest BCUT2D eigenvalue weighted by atomic mass is 9.80. The Balaban J connectivity index is 2.13. The molecule has 0 aromatic heterocycles. The molecule has 1 aliphatic carbocycles. The second-order valence-electron chi connectivity index (χ2n) is 4.50. The third-order valence-corrected chi connectivity index (χ3v) is 3.30. The van der Waals surface area contributed by atoms with Gasteiger partial charge in [-0.1, -0.05) is 12.1 Å². The largest absolute Gasteiger partial charge is 0.495 e. The highest BCUT2D eigenvalue weighted by atomic mass is 16.5. The van der Waals surface area contributed by atoms with E-state index in [4.69, 9.17) is 10.5 Å². The molecule has 0 atom stereocenters. The predicted octanol–water partition coefficient (Wildman–Crippen LogP) is 1.40. The van der Waals surface area contributed by atoms with Gasteiger partial charge in [0.25, 0.3) is 0 Å². The number of carbonyl (C=O) groups excluding carboxylic acids is 1. The van der Waals surface area contributed by atoms with Crippen molar-refractivity contribution in [3.8, 4) is 5.75 Å². The van der Waals surface area contributed by atoms with Crippen LogP contribution in [0.5, 0.6) is 5.75 Å². The van der Waals surface area contributed by atoms with E-state index in [1.165, 1.54) is 0 Å².